The van der Waals surface area contributed by atoms with Gasteiger partial charge in [-0.3, -0.25) is 19.2 Å². The smallest absolute Gasteiger partial charge is 0.299 e. The largest absolute Gasteiger partial charge is 0.302 e. The molecule has 87 valence electrons. The van der Waals surface area contributed by atoms with Gasteiger partial charge in [-0.2, -0.15) is 0 Å². The summed E-state index contributed by atoms with van der Waals surface area (Å²) in [4.78, 5) is 46.9. The number of hydrogen-bond acceptors (Lipinski definition) is 4. The number of benzene rings is 1. The van der Waals surface area contributed by atoms with Gasteiger partial charge in [0, 0.05) is 29.6 Å². The number of rotatable bonds is 2. The average Bonchev–Trinajstić information content (AvgIpc) is 2.51. The summed E-state index contributed by atoms with van der Waals surface area (Å²) in [6.07, 6.45) is 0. The Morgan fingerprint density at radius 1 is 1.11 bits per heavy atom. The summed E-state index contributed by atoms with van der Waals surface area (Å²) in [7, 11) is 0. The monoisotopic (exact) mass is 254 g/mol. The third-order valence-corrected chi connectivity index (χ3v) is 2.56. The topological polar surface area (TPSA) is 71.5 Å². The standard InChI is InChI=1S/C12H9NO4.Na/c1-7(14)9-10(15)12(17)13(11(9)16)8-5-3-2-4-6-8;/h2-6,9H,1H3;. The number of nitrogens with zero attached hydrogens (tertiary/aromatic N) is 1. The molecule has 0 bridgehead atoms. The van der Waals surface area contributed by atoms with Crippen molar-refractivity contribution < 1.29 is 19.2 Å². The summed E-state index contributed by atoms with van der Waals surface area (Å²) in [6, 6.07) is 8.07. The fourth-order valence-electron chi connectivity index (χ4n) is 1.76. The van der Waals surface area contributed by atoms with Crippen LogP contribution in [0.2, 0.25) is 0 Å². The van der Waals surface area contributed by atoms with Gasteiger partial charge in [0.1, 0.15) is 5.78 Å². The fraction of sp³-hybridized carbons (Fsp3) is 0.167. The number of imide groups is 1. The number of carbonyl (C=O) groups excluding carboxylic acids is 4. The second-order valence-electron chi connectivity index (χ2n) is 3.72. The van der Waals surface area contributed by atoms with Gasteiger partial charge in [-0.05, 0) is 19.1 Å². The number of amides is 2. The summed E-state index contributed by atoms with van der Waals surface area (Å²) >= 11 is 0. The Morgan fingerprint density at radius 2 is 1.67 bits per heavy atom. The van der Waals surface area contributed by atoms with Crippen molar-refractivity contribution in [2.45, 2.75) is 6.92 Å². The molecule has 18 heavy (non-hydrogen) atoms. The molecule has 1 saturated heterocycles. The number of para-hydroxylation sites is 1. The molecular weight excluding hydrogens is 245 g/mol. The van der Waals surface area contributed by atoms with Crippen molar-refractivity contribution >= 4 is 58.6 Å². The molecule has 0 spiro atoms. The second kappa shape index (κ2) is 5.56. The van der Waals surface area contributed by atoms with Crippen molar-refractivity contribution in [2.24, 2.45) is 5.92 Å². The van der Waals surface area contributed by atoms with Crippen LogP contribution in [0.3, 0.4) is 0 Å². The molecule has 1 radical (unpaired) electrons. The van der Waals surface area contributed by atoms with Crippen LogP contribution >= 0.6 is 0 Å². The van der Waals surface area contributed by atoms with E-state index in [4.69, 9.17) is 0 Å². The Labute approximate surface area is 125 Å². The zero-order chi connectivity index (χ0) is 12.6. The minimum Gasteiger partial charge on any atom is -0.299 e. The van der Waals surface area contributed by atoms with E-state index in [9.17, 15) is 19.2 Å². The van der Waals surface area contributed by atoms with Gasteiger partial charge in [0.25, 0.3) is 5.91 Å². The molecule has 0 N–H and O–H groups in total. The van der Waals surface area contributed by atoms with Crippen LogP contribution in [-0.2, 0) is 19.2 Å². The molecule has 0 aromatic heterocycles. The predicted molar refractivity (Wildman–Crippen MR) is 63.9 cm³/mol. The third-order valence-electron chi connectivity index (χ3n) is 2.56. The molecule has 1 heterocycles. The van der Waals surface area contributed by atoms with E-state index >= 15 is 0 Å². The quantitative estimate of drug-likeness (QED) is 0.321. The number of ketones is 2. The molecule has 1 atom stereocenters. The van der Waals surface area contributed by atoms with Crippen LogP contribution < -0.4 is 4.90 Å². The zero-order valence-electron chi connectivity index (χ0n) is 10.0. The summed E-state index contributed by atoms with van der Waals surface area (Å²) < 4.78 is 0. The minimum absolute atomic E-state index is 0. The van der Waals surface area contributed by atoms with E-state index in [0.717, 1.165) is 11.8 Å². The predicted octanol–water partition coefficient (Wildman–Crippen LogP) is -0.0467. The Balaban J connectivity index is 0.00000162. The molecule has 1 aliphatic rings. The normalized spacial score (nSPS) is 18.8. The number of Topliss-reactive ketones (excluding diaryl/α,β-unsaturated/α-hetero) is 2. The van der Waals surface area contributed by atoms with Gasteiger partial charge in [-0.25, -0.2) is 4.90 Å². The van der Waals surface area contributed by atoms with E-state index in [2.05, 4.69) is 0 Å². The molecule has 1 aromatic carbocycles. The van der Waals surface area contributed by atoms with E-state index in [-0.39, 0.29) is 29.6 Å². The molecule has 0 aliphatic carbocycles. The molecule has 1 unspecified atom stereocenters. The first-order chi connectivity index (χ1) is 8.04. The van der Waals surface area contributed by atoms with E-state index in [1.165, 1.54) is 12.1 Å². The van der Waals surface area contributed by atoms with E-state index in [1.807, 2.05) is 0 Å². The van der Waals surface area contributed by atoms with Crippen molar-refractivity contribution in [1.82, 2.24) is 0 Å². The number of anilines is 1. The molecule has 5 nitrogen and oxygen atoms in total. The minimum atomic E-state index is -1.47. The number of hydrogen-bond donors (Lipinski definition) is 0. The molecule has 6 heteroatoms. The molecule has 2 rings (SSSR count). The summed E-state index contributed by atoms with van der Waals surface area (Å²) in [5.74, 6) is -4.74. The van der Waals surface area contributed by atoms with Crippen molar-refractivity contribution in [3.8, 4) is 0 Å². The van der Waals surface area contributed by atoms with Gasteiger partial charge in [0.15, 0.2) is 5.92 Å². The SMILES string of the molecule is CC(=O)C1C(=O)C(=O)N(c2ccccc2)C1=O.[Na]. The van der Waals surface area contributed by atoms with Crippen LogP contribution in [0.5, 0.6) is 0 Å². The van der Waals surface area contributed by atoms with E-state index in [0.29, 0.717) is 5.69 Å². The first-order valence-electron chi connectivity index (χ1n) is 5.01. The van der Waals surface area contributed by atoms with Crippen molar-refractivity contribution in [1.29, 1.82) is 0 Å². The van der Waals surface area contributed by atoms with Gasteiger partial charge >= 0.3 is 5.91 Å². The van der Waals surface area contributed by atoms with Gasteiger partial charge in [-0.15, -0.1) is 0 Å². The Bertz CT molecular complexity index is 526. The summed E-state index contributed by atoms with van der Waals surface area (Å²) in [5.41, 5.74) is 0.305. The maximum absolute atomic E-state index is 11.8. The second-order valence-corrected chi connectivity index (χ2v) is 3.72. The number of carbonyl (C=O) groups is 4. The van der Waals surface area contributed by atoms with Gasteiger partial charge in [0.05, 0.1) is 5.69 Å². The van der Waals surface area contributed by atoms with E-state index < -0.39 is 29.3 Å². The summed E-state index contributed by atoms with van der Waals surface area (Å²) in [6.45, 7) is 1.13. The first kappa shape index (κ1) is 14.8. The van der Waals surface area contributed by atoms with Gasteiger partial charge < -0.3 is 0 Å². The van der Waals surface area contributed by atoms with Gasteiger partial charge in [0.2, 0.25) is 5.78 Å². The third kappa shape index (κ3) is 2.29. The Hall–Kier alpha value is -1.30. The van der Waals surface area contributed by atoms with Crippen molar-refractivity contribution in [2.75, 3.05) is 4.90 Å². The molecule has 2 amide bonds. The van der Waals surface area contributed by atoms with Crippen molar-refractivity contribution in [3.63, 3.8) is 0 Å². The van der Waals surface area contributed by atoms with Crippen LogP contribution in [0.1, 0.15) is 6.92 Å². The Morgan fingerprint density at radius 3 is 2.11 bits per heavy atom. The molecule has 1 fully saturated rings. The maximum atomic E-state index is 11.8. The maximum Gasteiger partial charge on any atom is 0.302 e. The average molecular weight is 254 g/mol. The van der Waals surface area contributed by atoms with Crippen LogP contribution in [0.4, 0.5) is 5.69 Å². The van der Waals surface area contributed by atoms with Crippen LogP contribution in [-0.4, -0.2) is 52.9 Å². The molecule has 1 aliphatic heterocycles. The first-order valence-corrected chi connectivity index (χ1v) is 5.01. The van der Waals surface area contributed by atoms with Crippen LogP contribution in [0.15, 0.2) is 30.3 Å². The summed E-state index contributed by atoms with van der Waals surface area (Å²) in [5, 5.41) is 0. The van der Waals surface area contributed by atoms with E-state index in [1.54, 1.807) is 18.2 Å². The van der Waals surface area contributed by atoms with Crippen LogP contribution in [0, 0.1) is 5.92 Å². The molecule has 0 saturated carbocycles. The zero-order valence-corrected chi connectivity index (χ0v) is 12.0. The molecule has 1 aromatic rings. The van der Waals surface area contributed by atoms with Gasteiger partial charge in [-0.1, -0.05) is 18.2 Å². The Kier molecular flexibility index (Phi) is 4.56. The fourth-order valence-corrected chi connectivity index (χ4v) is 1.76. The van der Waals surface area contributed by atoms with Crippen LogP contribution in [0.25, 0.3) is 0 Å². The molecular formula is C12H9NNaO4. The van der Waals surface area contributed by atoms with Crippen molar-refractivity contribution in [3.05, 3.63) is 30.3 Å².